The number of amides is 2. The Balaban J connectivity index is 1.23. The van der Waals surface area contributed by atoms with Gasteiger partial charge in [-0.05, 0) is 54.1 Å². The molecular formula is C24H24ClN3O3S. The molecule has 32 heavy (non-hydrogen) atoms. The predicted molar refractivity (Wildman–Crippen MR) is 127 cm³/mol. The molecule has 2 N–H and O–H groups in total. The fourth-order valence-electron chi connectivity index (χ4n) is 3.59. The van der Waals surface area contributed by atoms with Gasteiger partial charge in [-0.15, -0.1) is 11.3 Å². The molecule has 1 aliphatic heterocycles. The topological polar surface area (TPSA) is 75.9 Å². The molecule has 0 aliphatic carbocycles. The van der Waals surface area contributed by atoms with Crippen molar-refractivity contribution in [3.05, 3.63) is 76.1 Å². The van der Waals surface area contributed by atoms with Crippen molar-refractivity contribution < 1.29 is 14.3 Å². The van der Waals surface area contributed by atoms with Gasteiger partial charge in [0.1, 0.15) is 5.75 Å². The number of carbonyl (C=O) groups excluding carboxylic acids is 2. The molecule has 0 radical (unpaired) electrons. The summed E-state index contributed by atoms with van der Waals surface area (Å²) in [6, 6.07) is 18.7. The molecule has 4 rings (SSSR count). The normalized spacial score (nSPS) is 14.3. The van der Waals surface area contributed by atoms with Crippen LogP contribution < -0.4 is 10.5 Å². The number of carbonyl (C=O) groups is 2. The van der Waals surface area contributed by atoms with E-state index in [1.807, 2.05) is 23.1 Å². The molecule has 2 amide bonds. The molecule has 0 bridgehead atoms. The lowest BCUT2D eigenvalue weighted by Gasteiger charge is -2.34. The molecule has 2 heterocycles. The summed E-state index contributed by atoms with van der Waals surface area (Å²) in [5, 5.41) is 0.741. The summed E-state index contributed by atoms with van der Waals surface area (Å²) < 4.78 is 5.57. The second-order valence-electron chi connectivity index (χ2n) is 7.61. The monoisotopic (exact) mass is 469 g/mol. The maximum absolute atomic E-state index is 12.5. The molecule has 1 aromatic heterocycles. The first-order valence-corrected chi connectivity index (χ1v) is 11.5. The van der Waals surface area contributed by atoms with Gasteiger partial charge >= 0.3 is 0 Å². The minimum absolute atomic E-state index is 0.0240. The Morgan fingerprint density at radius 3 is 2.44 bits per heavy atom. The van der Waals surface area contributed by atoms with Crippen LogP contribution in [-0.4, -0.2) is 54.4 Å². The second-order valence-corrected chi connectivity index (χ2v) is 9.22. The van der Waals surface area contributed by atoms with Gasteiger partial charge in [-0.3, -0.25) is 14.5 Å². The number of halogens is 1. The molecule has 6 nitrogen and oxygen atoms in total. The van der Waals surface area contributed by atoms with Crippen molar-refractivity contribution in [2.24, 2.45) is 5.73 Å². The van der Waals surface area contributed by atoms with Gasteiger partial charge in [0, 0.05) is 53.1 Å². The van der Waals surface area contributed by atoms with E-state index in [0.29, 0.717) is 24.4 Å². The summed E-state index contributed by atoms with van der Waals surface area (Å²) in [6.07, 6.45) is 0. The van der Waals surface area contributed by atoms with Crippen molar-refractivity contribution in [1.82, 2.24) is 9.80 Å². The fourth-order valence-corrected chi connectivity index (χ4v) is 4.82. The molecule has 0 saturated carbocycles. The van der Waals surface area contributed by atoms with Crippen LogP contribution in [0, 0.1) is 0 Å². The lowest BCUT2D eigenvalue weighted by molar-refractivity contribution is -0.135. The van der Waals surface area contributed by atoms with E-state index in [0.717, 1.165) is 30.2 Å². The summed E-state index contributed by atoms with van der Waals surface area (Å²) in [5.74, 6) is 0.00640. The maximum Gasteiger partial charge on any atom is 0.260 e. The lowest BCUT2D eigenvalue weighted by atomic mass is 10.2. The van der Waals surface area contributed by atoms with Crippen molar-refractivity contribution in [1.29, 1.82) is 0 Å². The summed E-state index contributed by atoms with van der Waals surface area (Å²) in [7, 11) is 0. The molecule has 1 fully saturated rings. The summed E-state index contributed by atoms with van der Waals surface area (Å²) in [5.41, 5.74) is 6.77. The standard InChI is InChI=1S/C24H24ClN3O3S/c25-19-3-1-2-18(14-19)22-9-8-21(32-22)15-27-10-12-28(13-11-27)23(29)16-31-20-6-4-17(5-7-20)24(26)30/h1-9,14H,10-13,15-16H2,(H2,26,30). The molecule has 166 valence electrons. The largest absolute Gasteiger partial charge is 0.484 e. The van der Waals surface area contributed by atoms with Gasteiger partial charge in [-0.2, -0.15) is 0 Å². The number of piperazine rings is 1. The SMILES string of the molecule is NC(=O)c1ccc(OCC(=O)N2CCN(Cc3ccc(-c4cccc(Cl)c4)s3)CC2)cc1. The molecular weight excluding hydrogens is 446 g/mol. The second kappa shape index (κ2) is 10.2. The van der Waals surface area contributed by atoms with Crippen molar-refractivity contribution in [2.45, 2.75) is 6.54 Å². The van der Waals surface area contributed by atoms with Crippen LogP contribution in [-0.2, 0) is 11.3 Å². The average Bonchev–Trinajstić information content (AvgIpc) is 3.27. The first kappa shape index (κ1) is 22.3. The van der Waals surface area contributed by atoms with Gasteiger partial charge in [0.25, 0.3) is 5.91 Å². The quantitative estimate of drug-likeness (QED) is 0.569. The highest BCUT2D eigenvalue weighted by Gasteiger charge is 2.22. The van der Waals surface area contributed by atoms with E-state index in [9.17, 15) is 9.59 Å². The molecule has 1 aliphatic rings. The Kier molecular flexibility index (Phi) is 7.09. The summed E-state index contributed by atoms with van der Waals surface area (Å²) in [4.78, 5) is 30.3. The highest BCUT2D eigenvalue weighted by atomic mass is 35.5. The molecule has 8 heteroatoms. The minimum Gasteiger partial charge on any atom is -0.484 e. The number of rotatable bonds is 7. The Bertz CT molecular complexity index is 1090. The van der Waals surface area contributed by atoms with E-state index >= 15 is 0 Å². The zero-order chi connectivity index (χ0) is 22.5. The Labute approximate surface area is 196 Å². The molecule has 1 saturated heterocycles. The van der Waals surface area contributed by atoms with Crippen LogP contribution in [0.1, 0.15) is 15.2 Å². The van der Waals surface area contributed by atoms with E-state index < -0.39 is 5.91 Å². The van der Waals surface area contributed by atoms with Crippen LogP contribution in [0.3, 0.4) is 0 Å². The van der Waals surface area contributed by atoms with Crippen molar-refractivity contribution in [3.63, 3.8) is 0 Å². The molecule has 0 atom stereocenters. The predicted octanol–water partition coefficient (Wildman–Crippen LogP) is 3.89. The third kappa shape index (κ3) is 5.68. The Morgan fingerprint density at radius 2 is 1.75 bits per heavy atom. The minimum atomic E-state index is -0.492. The number of ether oxygens (including phenoxy) is 1. The number of primary amides is 1. The van der Waals surface area contributed by atoms with Gasteiger partial charge in [-0.25, -0.2) is 0 Å². The average molecular weight is 470 g/mol. The van der Waals surface area contributed by atoms with Crippen molar-refractivity contribution in [3.8, 4) is 16.2 Å². The third-order valence-corrected chi connectivity index (χ3v) is 6.73. The van der Waals surface area contributed by atoms with Crippen LogP contribution in [0.2, 0.25) is 5.02 Å². The molecule has 0 unspecified atom stereocenters. The van der Waals surface area contributed by atoms with Crippen LogP contribution >= 0.6 is 22.9 Å². The molecule has 3 aromatic rings. The van der Waals surface area contributed by atoms with Gasteiger partial charge in [0.15, 0.2) is 6.61 Å². The fraction of sp³-hybridized carbons (Fsp3) is 0.250. The third-order valence-electron chi connectivity index (χ3n) is 5.38. The highest BCUT2D eigenvalue weighted by Crippen LogP contribution is 2.30. The van der Waals surface area contributed by atoms with Gasteiger partial charge in [0.2, 0.25) is 5.91 Å². The lowest BCUT2D eigenvalue weighted by Crippen LogP contribution is -2.49. The van der Waals surface area contributed by atoms with Gasteiger partial charge in [0.05, 0.1) is 0 Å². The number of nitrogens with two attached hydrogens (primary N) is 1. The summed E-state index contributed by atoms with van der Waals surface area (Å²) in [6.45, 7) is 3.84. The van der Waals surface area contributed by atoms with Crippen LogP contribution in [0.25, 0.3) is 10.4 Å². The zero-order valence-corrected chi connectivity index (χ0v) is 19.1. The maximum atomic E-state index is 12.5. The number of nitrogens with zero attached hydrogens (tertiary/aromatic N) is 2. The van der Waals surface area contributed by atoms with E-state index in [-0.39, 0.29) is 12.5 Å². The Morgan fingerprint density at radius 1 is 1.00 bits per heavy atom. The van der Waals surface area contributed by atoms with E-state index in [1.165, 1.54) is 9.75 Å². The van der Waals surface area contributed by atoms with Crippen molar-refractivity contribution >= 4 is 34.8 Å². The van der Waals surface area contributed by atoms with E-state index in [1.54, 1.807) is 35.6 Å². The van der Waals surface area contributed by atoms with Crippen LogP contribution in [0.15, 0.2) is 60.7 Å². The zero-order valence-electron chi connectivity index (χ0n) is 17.5. The smallest absolute Gasteiger partial charge is 0.260 e. The number of benzene rings is 2. The number of hydrogen-bond acceptors (Lipinski definition) is 5. The van der Waals surface area contributed by atoms with Gasteiger partial charge in [-0.1, -0.05) is 23.7 Å². The number of thiophene rings is 1. The van der Waals surface area contributed by atoms with Crippen LogP contribution in [0.4, 0.5) is 0 Å². The van der Waals surface area contributed by atoms with Crippen molar-refractivity contribution in [2.75, 3.05) is 32.8 Å². The van der Waals surface area contributed by atoms with Crippen LogP contribution in [0.5, 0.6) is 5.75 Å². The summed E-state index contributed by atoms with van der Waals surface area (Å²) >= 11 is 7.88. The first-order valence-electron chi connectivity index (χ1n) is 10.4. The highest BCUT2D eigenvalue weighted by molar-refractivity contribution is 7.15. The first-order chi connectivity index (χ1) is 15.5. The number of hydrogen-bond donors (Lipinski definition) is 1. The Hall–Kier alpha value is -2.87. The van der Waals surface area contributed by atoms with E-state index in [4.69, 9.17) is 22.1 Å². The molecule has 0 spiro atoms. The van der Waals surface area contributed by atoms with Gasteiger partial charge < -0.3 is 15.4 Å². The molecule has 2 aromatic carbocycles. The van der Waals surface area contributed by atoms with E-state index in [2.05, 4.69) is 23.1 Å².